The van der Waals surface area contributed by atoms with Gasteiger partial charge >= 0.3 is 23.6 Å². The largest absolute Gasteiger partial charge is 0 e. The number of hydrogen-bond donors (Lipinski definition) is 4. The van der Waals surface area contributed by atoms with Crippen LogP contribution in [0.3, 0.4) is 0 Å². The van der Waals surface area contributed by atoms with E-state index in [-0.39, 0.29) is 42.6 Å². The third-order valence-electron chi connectivity index (χ3n) is 1.32. The minimum Gasteiger partial charge on any atom is 0 e. The summed E-state index contributed by atoms with van der Waals surface area (Å²) in [5, 5.41) is 35.0. The van der Waals surface area contributed by atoms with Crippen molar-refractivity contribution in [2.24, 2.45) is 0 Å². The van der Waals surface area contributed by atoms with Crippen molar-refractivity contribution in [3.05, 3.63) is 17.7 Å². The molecule has 0 saturated heterocycles. The second-order valence-corrected chi connectivity index (χ2v) is 2.17. The molecule has 1 rings (SSSR count). The molecule has 14 heavy (non-hydrogen) atoms. The summed E-state index contributed by atoms with van der Waals surface area (Å²) in [6.07, 6.45) is 0. The van der Waals surface area contributed by atoms with Gasteiger partial charge in [0, 0.05) is 19.5 Å². The molecule has 0 aliphatic heterocycles. The zero-order valence-corrected chi connectivity index (χ0v) is 9.53. The summed E-state index contributed by atoms with van der Waals surface area (Å²) in [6, 6.07) is 1.69. The molecule has 0 bridgehead atoms. The van der Waals surface area contributed by atoms with E-state index in [1.807, 2.05) is 0 Å². The zero-order chi connectivity index (χ0) is 9.30. The Morgan fingerprint density at radius 3 is 1.71 bits per heavy atom. The first-order chi connectivity index (χ1) is 5.52. The smallest absolute Gasteiger partial charge is 0 e. The van der Waals surface area contributed by atoms with Crippen LogP contribution in [0, 0.1) is 0 Å². The van der Waals surface area contributed by atoms with E-state index in [1.54, 1.807) is 0 Å². The topological polar surface area (TPSA) is 98.0 Å². The molecule has 4 N–H and O–H groups in total. The molecule has 0 heterocycles. The van der Waals surface area contributed by atoms with Gasteiger partial charge in [0.1, 0.15) is 0 Å². The number of carbonyl (C=O) groups is 1. The van der Waals surface area contributed by atoms with Gasteiger partial charge in [-0.2, -0.15) is 0 Å². The van der Waals surface area contributed by atoms with Crippen LogP contribution >= 0.6 is 0 Å². The van der Waals surface area contributed by atoms with Crippen LogP contribution < -0.4 is 0 Å². The molecular weight excluding hydrogens is 302 g/mol. The van der Waals surface area contributed by atoms with Crippen molar-refractivity contribution in [1.82, 2.24) is 0 Å². The molecule has 1 aromatic carbocycles. The van der Waals surface area contributed by atoms with E-state index < -0.39 is 23.2 Å². The van der Waals surface area contributed by atoms with Gasteiger partial charge in [-0.05, 0) is 12.1 Å². The monoisotopic (exact) mass is 312 g/mol. The van der Waals surface area contributed by atoms with Crippen molar-refractivity contribution < 1.29 is 44.7 Å². The van der Waals surface area contributed by atoms with Crippen LogP contribution in [0.15, 0.2) is 12.1 Å². The molecule has 74 valence electrons. The molecule has 0 aliphatic carbocycles. The first-order valence-electron chi connectivity index (χ1n) is 3.00. The average Bonchev–Trinajstić information content (AvgIpc) is 1.99. The van der Waals surface area contributed by atoms with Crippen LogP contribution in [-0.2, 0) is 19.5 Å². The van der Waals surface area contributed by atoms with Gasteiger partial charge in [-0.3, -0.25) is 0 Å². The Labute approximate surface area is 103 Å². The molecule has 5 nitrogen and oxygen atoms in total. The first-order valence-corrected chi connectivity index (χ1v) is 3.00. The molecule has 0 radical (unpaired) electrons. The Morgan fingerprint density at radius 2 is 1.43 bits per heavy atom. The van der Waals surface area contributed by atoms with Crippen LogP contribution in [0.25, 0.3) is 0 Å². The third-order valence-corrected chi connectivity index (χ3v) is 1.32. The van der Waals surface area contributed by atoms with Gasteiger partial charge in [0.25, 0.3) is 0 Å². The minimum absolute atomic E-state index is 0. The predicted octanol–water partition coefficient (Wildman–Crippen LogP) is -0.953. The van der Waals surface area contributed by atoms with E-state index in [0.29, 0.717) is 0 Å². The maximum Gasteiger partial charge on any atom is 0 e. The van der Waals surface area contributed by atoms with Crippen LogP contribution in [0.2, 0.25) is 0 Å². The van der Waals surface area contributed by atoms with E-state index >= 15 is 0 Å². The Bertz CT molecular complexity index is 318. The first kappa shape index (κ1) is 15.7. The number of phenolic OH excluding ortho intramolecular Hbond substituents is 3. The van der Waals surface area contributed by atoms with Gasteiger partial charge in [0.15, 0.2) is 17.2 Å². The van der Waals surface area contributed by atoms with E-state index in [0.717, 1.165) is 12.1 Å². The quantitative estimate of drug-likeness (QED) is 0.396. The van der Waals surface area contributed by atoms with E-state index in [4.69, 9.17) is 20.4 Å². The minimum atomic E-state index is -1.29. The van der Waals surface area contributed by atoms with Gasteiger partial charge < -0.3 is 20.4 Å². The van der Waals surface area contributed by atoms with Crippen LogP contribution in [0.4, 0.5) is 0 Å². The molecule has 1 aromatic rings. The Balaban J connectivity index is 0. The maximum atomic E-state index is 10.3. The van der Waals surface area contributed by atoms with Gasteiger partial charge in [-0.15, -0.1) is 0 Å². The molecule has 0 atom stereocenters. The summed E-state index contributed by atoms with van der Waals surface area (Å²) in [4.78, 5) is 10.3. The molecule has 0 amide bonds. The van der Waals surface area contributed by atoms with E-state index in [1.165, 1.54) is 0 Å². The number of rotatable bonds is 1. The Morgan fingerprint density at radius 1 is 1.07 bits per heavy atom. The fourth-order valence-corrected chi connectivity index (χ4v) is 0.728. The summed E-state index contributed by atoms with van der Waals surface area (Å²) in [7, 11) is 0. The van der Waals surface area contributed by atoms with Crippen LogP contribution in [0.1, 0.15) is 10.4 Å². The van der Waals surface area contributed by atoms with Crippen LogP contribution in [0.5, 0.6) is 17.2 Å². The van der Waals surface area contributed by atoms with E-state index in [9.17, 15) is 4.79 Å². The fraction of sp³-hybridized carbons (Fsp3) is 0. The summed E-state index contributed by atoms with van der Waals surface area (Å²) in [5.74, 6) is -3.33. The van der Waals surface area contributed by atoms with Crippen molar-refractivity contribution in [2.45, 2.75) is 0 Å². The normalized spacial score (nSPS) is 8.29. The molecule has 0 aromatic heterocycles. The summed E-state index contributed by atoms with van der Waals surface area (Å²) in [5.41, 5.74) is -0.289. The van der Waals surface area contributed by atoms with Crippen LogP contribution in [-0.4, -0.2) is 44.0 Å². The number of carboxylic acids is 1. The summed E-state index contributed by atoms with van der Waals surface area (Å²) >= 11 is 0. The van der Waals surface area contributed by atoms with Crippen molar-refractivity contribution in [3.8, 4) is 17.2 Å². The standard InChI is InChI=1S/C7H6O5.GeH4.Zn/c8-4-1-3(7(11)12)2-5(9)6(4)10;;/h1-2,8-10H,(H,11,12);1H4;. The summed E-state index contributed by atoms with van der Waals surface area (Å²) < 4.78 is 0. The maximum absolute atomic E-state index is 10.3. The van der Waals surface area contributed by atoms with Gasteiger partial charge in [-0.25, -0.2) is 4.79 Å². The zero-order valence-electron chi connectivity index (χ0n) is 6.56. The second-order valence-electron chi connectivity index (χ2n) is 2.17. The summed E-state index contributed by atoms with van der Waals surface area (Å²) in [6.45, 7) is 0. The number of hydrogen-bond acceptors (Lipinski definition) is 4. The van der Waals surface area contributed by atoms with Crippen molar-refractivity contribution in [2.75, 3.05) is 0 Å². The molecular formula is C7H10GeO5Zn. The van der Waals surface area contributed by atoms with Gasteiger partial charge in [-0.1, -0.05) is 0 Å². The number of phenols is 3. The Hall–Kier alpha value is -0.744. The predicted molar refractivity (Wildman–Crippen MR) is 49.7 cm³/mol. The number of aromatic carboxylic acids is 1. The average molecular weight is 312 g/mol. The third kappa shape index (κ3) is 3.19. The molecule has 7 heteroatoms. The van der Waals surface area contributed by atoms with Crippen molar-refractivity contribution >= 4 is 23.6 Å². The van der Waals surface area contributed by atoms with Gasteiger partial charge in [0.05, 0.1) is 5.56 Å². The molecule has 0 unspecified atom stereocenters. The van der Waals surface area contributed by atoms with E-state index in [2.05, 4.69) is 0 Å². The second kappa shape index (κ2) is 5.88. The molecule has 0 spiro atoms. The SMILES string of the molecule is O=C(O)c1cc(O)c(O)c(O)c1.[GeH4].[Zn]. The number of carboxylic acid groups (broad SMARTS) is 1. The molecule has 0 fully saturated rings. The molecule has 0 aliphatic rings. The number of benzene rings is 1. The molecule has 0 saturated carbocycles. The Kier molecular flexibility index (Phi) is 6.60. The van der Waals surface area contributed by atoms with Crippen molar-refractivity contribution in [1.29, 1.82) is 0 Å². The van der Waals surface area contributed by atoms with Crippen molar-refractivity contribution in [3.63, 3.8) is 0 Å². The van der Waals surface area contributed by atoms with Gasteiger partial charge in [0.2, 0.25) is 0 Å². The fourth-order valence-electron chi connectivity index (χ4n) is 0.728. The number of aromatic hydroxyl groups is 3.